The molecule has 0 bridgehead atoms. The van der Waals surface area contributed by atoms with Crippen LogP contribution in [0.5, 0.6) is 0 Å². The molecular weight excluding hydrogens is 406 g/mol. The SMILES string of the molecule is N#Cc1cccc(S(=O)(=O)N2C[C@@H]3CCCN4CCC[C@@H]([C@H]34)[C@H]2CCCCCl)c1. The molecule has 0 amide bonds. The van der Waals surface area contributed by atoms with Gasteiger partial charge in [-0.3, -0.25) is 4.90 Å². The van der Waals surface area contributed by atoms with E-state index in [-0.39, 0.29) is 10.9 Å². The average molecular weight is 436 g/mol. The smallest absolute Gasteiger partial charge is 0.243 e. The molecule has 7 heteroatoms. The first kappa shape index (κ1) is 21.1. The summed E-state index contributed by atoms with van der Waals surface area (Å²) in [5.41, 5.74) is 0.390. The Kier molecular flexibility index (Phi) is 6.50. The Labute approximate surface area is 179 Å². The number of benzene rings is 1. The summed E-state index contributed by atoms with van der Waals surface area (Å²) in [7, 11) is -3.64. The maximum Gasteiger partial charge on any atom is 0.243 e. The molecule has 0 aromatic heterocycles. The molecule has 3 saturated heterocycles. The first-order valence-electron chi connectivity index (χ1n) is 10.9. The summed E-state index contributed by atoms with van der Waals surface area (Å²) < 4.78 is 29.2. The number of nitriles is 1. The Balaban J connectivity index is 1.69. The molecule has 0 radical (unpaired) electrons. The molecule has 3 heterocycles. The maximum absolute atomic E-state index is 13.7. The number of halogens is 1. The third-order valence-electron chi connectivity index (χ3n) is 7.08. The summed E-state index contributed by atoms with van der Waals surface area (Å²) in [6.07, 6.45) is 7.25. The van der Waals surface area contributed by atoms with E-state index in [9.17, 15) is 13.7 Å². The second-order valence-corrected chi connectivity index (χ2v) is 11.0. The van der Waals surface area contributed by atoms with Gasteiger partial charge in [0, 0.05) is 24.5 Å². The van der Waals surface area contributed by atoms with E-state index >= 15 is 0 Å². The molecule has 1 aromatic rings. The first-order valence-corrected chi connectivity index (χ1v) is 12.9. The number of nitrogens with zero attached hydrogens (tertiary/aromatic N) is 3. The van der Waals surface area contributed by atoms with Crippen LogP contribution in [0.3, 0.4) is 0 Å². The number of hydrogen-bond acceptors (Lipinski definition) is 4. The van der Waals surface area contributed by atoms with E-state index in [1.165, 1.54) is 6.07 Å². The second kappa shape index (κ2) is 8.93. The molecule has 5 nitrogen and oxygen atoms in total. The second-order valence-electron chi connectivity index (χ2n) is 8.70. The topological polar surface area (TPSA) is 64.4 Å². The summed E-state index contributed by atoms with van der Waals surface area (Å²) in [6.45, 7) is 2.91. The number of rotatable bonds is 6. The lowest BCUT2D eigenvalue weighted by Gasteiger charge is -2.57. The van der Waals surface area contributed by atoms with Crippen LogP contribution >= 0.6 is 11.6 Å². The van der Waals surface area contributed by atoms with Crippen molar-refractivity contribution >= 4 is 21.6 Å². The Hall–Kier alpha value is -1.13. The van der Waals surface area contributed by atoms with Crippen LogP contribution in [0.15, 0.2) is 29.2 Å². The van der Waals surface area contributed by atoms with Crippen LogP contribution in [0.1, 0.15) is 50.5 Å². The monoisotopic (exact) mass is 435 g/mol. The van der Waals surface area contributed by atoms with Crippen molar-refractivity contribution < 1.29 is 8.42 Å². The van der Waals surface area contributed by atoms with Gasteiger partial charge in [-0.25, -0.2) is 8.42 Å². The Morgan fingerprint density at radius 3 is 2.72 bits per heavy atom. The quantitative estimate of drug-likeness (QED) is 0.503. The fourth-order valence-electron chi connectivity index (χ4n) is 5.90. The first-order chi connectivity index (χ1) is 14.1. The highest BCUT2D eigenvalue weighted by molar-refractivity contribution is 7.89. The molecule has 3 aliphatic heterocycles. The van der Waals surface area contributed by atoms with Gasteiger partial charge in [0.2, 0.25) is 10.0 Å². The Bertz CT molecular complexity index is 867. The normalized spacial score (nSPS) is 30.5. The number of piperidine rings is 3. The molecule has 4 atom stereocenters. The third-order valence-corrected chi connectivity index (χ3v) is 9.23. The van der Waals surface area contributed by atoms with E-state index in [1.807, 2.05) is 0 Å². The van der Waals surface area contributed by atoms with Crippen LogP contribution in [0.25, 0.3) is 0 Å². The molecule has 0 spiro atoms. The van der Waals surface area contributed by atoms with E-state index in [0.717, 1.165) is 58.0 Å². The van der Waals surface area contributed by atoms with Crippen LogP contribution in [-0.4, -0.2) is 55.2 Å². The lowest BCUT2D eigenvalue weighted by atomic mass is 9.70. The molecule has 29 heavy (non-hydrogen) atoms. The largest absolute Gasteiger partial charge is 0.300 e. The van der Waals surface area contributed by atoms with Crippen molar-refractivity contribution in [2.45, 2.75) is 61.9 Å². The van der Waals surface area contributed by atoms with Crippen molar-refractivity contribution in [2.24, 2.45) is 11.8 Å². The molecule has 0 aliphatic carbocycles. The summed E-state index contributed by atoms with van der Waals surface area (Å²) in [6, 6.07) is 9.10. The fourth-order valence-corrected chi connectivity index (χ4v) is 7.89. The van der Waals surface area contributed by atoms with Gasteiger partial charge in [0.05, 0.1) is 16.5 Å². The molecule has 1 aromatic carbocycles. The van der Waals surface area contributed by atoms with Crippen molar-refractivity contribution in [2.75, 3.05) is 25.5 Å². The van der Waals surface area contributed by atoms with E-state index in [2.05, 4.69) is 11.0 Å². The van der Waals surface area contributed by atoms with Crippen molar-refractivity contribution in [3.8, 4) is 6.07 Å². The molecule has 0 unspecified atom stereocenters. The third kappa shape index (κ3) is 4.07. The van der Waals surface area contributed by atoms with Gasteiger partial charge in [-0.2, -0.15) is 9.57 Å². The van der Waals surface area contributed by atoms with Gasteiger partial charge in [0.25, 0.3) is 0 Å². The van der Waals surface area contributed by atoms with Crippen LogP contribution in [0.2, 0.25) is 0 Å². The van der Waals surface area contributed by atoms with Gasteiger partial charge in [-0.1, -0.05) is 12.5 Å². The van der Waals surface area contributed by atoms with Gasteiger partial charge in [-0.05, 0) is 81.6 Å². The van der Waals surface area contributed by atoms with Gasteiger partial charge < -0.3 is 0 Å². The zero-order chi connectivity index (χ0) is 20.4. The van der Waals surface area contributed by atoms with E-state index < -0.39 is 10.0 Å². The van der Waals surface area contributed by atoms with E-state index in [4.69, 9.17) is 11.6 Å². The van der Waals surface area contributed by atoms with Crippen molar-refractivity contribution in [3.63, 3.8) is 0 Å². The predicted molar refractivity (Wildman–Crippen MR) is 114 cm³/mol. The van der Waals surface area contributed by atoms with Gasteiger partial charge in [0.15, 0.2) is 0 Å². The van der Waals surface area contributed by atoms with E-state index in [1.54, 1.807) is 22.5 Å². The molecular formula is C22H30ClN3O2S. The standard InChI is InChI=1S/C22H30ClN3O2S/c23-11-2-1-10-21-20-9-5-13-25-12-4-7-18(22(20)25)16-26(21)29(27,28)19-8-3-6-17(14-19)15-24/h3,6,8,14,18,20-22H,1-2,4-5,7,9-13,16H2/t18-,20+,21+,22-/m0/s1. The molecule has 0 saturated carbocycles. The highest BCUT2D eigenvalue weighted by atomic mass is 35.5. The molecule has 3 aliphatic rings. The zero-order valence-electron chi connectivity index (χ0n) is 16.8. The van der Waals surface area contributed by atoms with E-state index in [0.29, 0.717) is 35.9 Å². The van der Waals surface area contributed by atoms with Crippen LogP contribution in [-0.2, 0) is 10.0 Å². The minimum absolute atomic E-state index is 0.0242. The summed E-state index contributed by atoms with van der Waals surface area (Å²) in [5.74, 6) is 1.42. The van der Waals surface area contributed by atoms with Crippen molar-refractivity contribution in [1.82, 2.24) is 9.21 Å². The van der Waals surface area contributed by atoms with Crippen molar-refractivity contribution in [3.05, 3.63) is 29.8 Å². The van der Waals surface area contributed by atoms with Gasteiger partial charge >= 0.3 is 0 Å². The van der Waals surface area contributed by atoms with Crippen LogP contribution in [0.4, 0.5) is 0 Å². The highest BCUT2D eigenvalue weighted by Crippen LogP contribution is 2.45. The summed E-state index contributed by atoms with van der Waals surface area (Å²) in [4.78, 5) is 2.89. The van der Waals surface area contributed by atoms with Gasteiger partial charge in [0.1, 0.15) is 0 Å². The average Bonchev–Trinajstić information content (AvgIpc) is 2.75. The maximum atomic E-state index is 13.7. The number of hydrogen-bond donors (Lipinski definition) is 0. The predicted octanol–water partition coefficient (Wildman–Crippen LogP) is 3.83. The zero-order valence-corrected chi connectivity index (χ0v) is 18.4. The molecule has 4 rings (SSSR count). The van der Waals surface area contributed by atoms with Crippen LogP contribution in [0, 0.1) is 23.2 Å². The van der Waals surface area contributed by atoms with Crippen LogP contribution < -0.4 is 0 Å². The lowest BCUT2D eigenvalue weighted by Crippen LogP contribution is -2.65. The fraction of sp³-hybridized carbons (Fsp3) is 0.682. The Morgan fingerprint density at radius 1 is 1.17 bits per heavy atom. The number of sulfonamides is 1. The number of unbranched alkanes of at least 4 members (excludes halogenated alkanes) is 1. The van der Waals surface area contributed by atoms with Crippen molar-refractivity contribution in [1.29, 1.82) is 5.26 Å². The summed E-state index contributed by atoms with van der Waals surface area (Å²) in [5, 5.41) is 9.23. The Morgan fingerprint density at radius 2 is 1.97 bits per heavy atom. The number of alkyl halides is 1. The summed E-state index contributed by atoms with van der Waals surface area (Å²) >= 11 is 5.92. The molecule has 158 valence electrons. The minimum atomic E-state index is -3.64. The lowest BCUT2D eigenvalue weighted by molar-refractivity contribution is -0.0523. The minimum Gasteiger partial charge on any atom is -0.300 e. The molecule has 0 N–H and O–H groups in total. The highest BCUT2D eigenvalue weighted by Gasteiger charge is 2.51. The van der Waals surface area contributed by atoms with Gasteiger partial charge in [-0.15, -0.1) is 11.6 Å². The molecule has 3 fully saturated rings.